The molecule has 0 heterocycles. The Hall–Kier alpha value is -1.77. The molecule has 0 bridgehead atoms. The molecule has 2 aromatic carbocycles. The summed E-state index contributed by atoms with van der Waals surface area (Å²) in [5.74, 6) is -2.66. The quantitative estimate of drug-likeness (QED) is 0.425. The van der Waals surface area contributed by atoms with Crippen LogP contribution in [0.4, 0.5) is 4.39 Å². The van der Waals surface area contributed by atoms with E-state index in [1.807, 2.05) is 20.8 Å². The number of carboxylic acid groups (broad SMARTS) is 1. The molecule has 0 radical (unpaired) electrons. The molecule has 1 unspecified atom stereocenters. The van der Waals surface area contributed by atoms with Gasteiger partial charge in [-0.05, 0) is 65.7 Å². The minimum atomic E-state index is -3.85. The summed E-state index contributed by atoms with van der Waals surface area (Å²) in [4.78, 5) is 11.8. The average Bonchev–Trinajstić information content (AvgIpc) is 2.65. The van der Waals surface area contributed by atoms with Crippen LogP contribution in [0.2, 0.25) is 0 Å². The van der Waals surface area contributed by atoms with Crippen molar-refractivity contribution < 1.29 is 26.9 Å². The van der Waals surface area contributed by atoms with Crippen LogP contribution in [0.15, 0.2) is 51.8 Å². The van der Waals surface area contributed by atoms with Crippen LogP contribution in [0.1, 0.15) is 50.2 Å². The van der Waals surface area contributed by atoms with Gasteiger partial charge in [0, 0.05) is 5.56 Å². The Bertz CT molecular complexity index is 987. The number of rotatable bonds is 10. The third-order valence-electron chi connectivity index (χ3n) is 5.09. The van der Waals surface area contributed by atoms with Gasteiger partial charge in [0.1, 0.15) is 5.82 Å². The van der Waals surface area contributed by atoms with Crippen molar-refractivity contribution in [3.63, 3.8) is 0 Å². The minimum Gasteiger partial charge on any atom is -0.481 e. The second kappa shape index (κ2) is 10.0. The van der Waals surface area contributed by atoms with Gasteiger partial charge in [-0.3, -0.25) is 8.98 Å². The van der Waals surface area contributed by atoms with Gasteiger partial charge in [-0.15, -0.1) is 0 Å². The van der Waals surface area contributed by atoms with E-state index >= 15 is 0 Å². The molecule has 0 aliphatic heterocycles. The van der Waals surface area contributed by atoms with E-state index in [9.17, 15) is 22.7 Å². The van der Waals surface area contributed by atoms with Crippen molar-refractivity contribution >= 4 is 32.0 Å². The summed E-state index contributed by atoms with van der Waals surface area (Å²) in [5, 5.41) is 9.58. The predicted octanol–water partition coefficient (Wildman–Crippen LogP) is 5.67. The Balaban J connectivity index is 1.97. The lowest BCUT2D eigenvalue weighted by atomic mass is 9.80. The summed E-state index contributed by atoms with van der Waals surface area (Å²) in [6.07, 6.45) is 1.09. The van der Waals surface area contributed by atoms with Crippen LogP contribution >= 0.6 is 15.9 Å². The fraction of sp³-hybridized carbons (Fsp3) is 0.409. The summed E-state index contributed by atoms with van der Waals surface area (Å²) in [6.45, 7) is 5.66. The smallest absolute Gasteiger partial charge is 0.311 e. The maximum Gasteiger partial charge on any atom is 0.311 e. The molecule has 0 spiro atoms. The monoisotopic (exact) mass is 500 g/mol. The lowest BCUT2D eigenvalue weighted by molar-refractivity contribution is -0.139. The lowest BCUT2D eigenvalue weighted by Crippen LogP contribution is -2.20. The van der Waals surface area contributed by atoms with E-state index in [-0.39, 0.29) is 33.4 Å². The van der Waals surface area contributed by atoms with Gasteiger partial charge in [0.05, 0.1) is 21.9 Å². The molecule has 30 heavy (non-hydrogen) atoms. The van der Waals surface area contributed by atoms with E-state index in [0.29, 0.717) is 12.8 Å². The molecule has 1 N–H and O–H groups in total. The topological polar surface area (TPSA) is 80.7 Å². The van der Waals surface area contributed by atoms with Gasteiger partial charge in [0.2, 0.25) is 0 Å². The lowest BCUT2D eigenvalue weighted by Gasteiger charge is -2.26. The van der Waals surface area contributed by atoms with Crippen LogP contribution in [-0.4, -0.2) is 26.1 Å². The van der Waals surface area contributed by atoms with Crippen molar-refractivity contribution in [1.82, 2.24) is 0 Å². The first-order chi connectivity index (χ1) is 13.9. The summed E-state index contributed by atoms with van der Waals surface area (Å²) in [5.41, 5.74) is 0.690. The van der Waals surface area contributed by atoms with Gasteiger partial charge in [0.15, 0.2) is 0 Å². The number of benzene rings is 2. The summed E-state index contributed by atoms with van der Waals surface area (Å²) < 4.78 is 44.3. The fourth-order valence-corrected chi connectivity index (χ4v) is 4.35. The van der Waals surface area contributed by atoms with Crippen LogP contribution in [0.3, 0.4) is 0 Å². The van der Waals surface area contributed by atoms with E-state index in [1.165, 1.54) is 24.3 Å². The highest BCUT2D eigenvalue weighted by Crippen LogP contribution is 2.34. The first kappa shape index (κ1) is 24.5. The van der Waals surface area contributed by atoms with Crippen LogP contribution in [0.5, 0.6) is 0 Å². The molecule has 5 nitrogen and oxygen atoms in total. The molecule has 0 amide bonds. The first-order valence-corrected chi connectivity index (χ1v) is 11.8. The molecular weight excluding hydrogens is 475 g/mol. The number of hydrogen-bond donors (Lipinski definition) is 1. The maximum absolute atomic E-state index is 14.4. The first-order valence-electron chi connectivity index (χ1n) is 9.56. The summed E-state index contributed by atoms with van der Waals surface area (Å²) in [7, 11) is -3.85. The van der Waals surface area contributed by atoms with Gasteiger partial charge in [-0.1, -0.05) is 43.7 Å². The molecule has 164 valence electrons. The molecule has 0 aliphatic rings. The average molecular weight is 501 g/mol. The Labute approximate surface area is 185 Å². The zero-order valence-electron chi connectivity index (χ0n) is 17.2. The highest BCUT2D eigenvalue weighted by Gasteiger charge is 2.28. The molecular formula is C22H26BrFO5S. The normalized spacial score (nSPS) is 13.2. The number of aryl methyl sites for hydroxylation is 1. The molecule has 0 fully saturated rings. The van der Waals surface area contributed by atoms with Crippen molar-refractivity contribution in [2.24, 2.45) is 5.41 Å². The maximum atomic E-state index is 14.4. The predicted molar refractivity (Wildman–Crippen MR) is 116 cm³/mol. The second-order valence-electron chi connectivity index (χ2n) is 8.08. The Morgan fingerprint density at radius 2 is 1.80 bits per heavy atom. The van der Waals surface area contributed by atoms with Crippen molar-refractivity contribution in [2.45, 2.75) is 50.8 Å². The van der Waals surface area contributed by atoms with Crippen molar-refractivity contribution in [3.8, 4) is 0 Å². The zero-order valence-corrected chi connectivity index (χ0v) is 19.6. The molecule has 1 atom stereocenters. The second-order valence-corrected chi connectivity index (χ2v) is 10.5. The number of carboxylic acids is 1. The Morgan fingerprint density at radius 3 is 2.40 bits per heavy atom. The van der Waals surface area contributed by atoms with Gasteiger partial charge >= 0.3 is 5.97 Å². The summed E-state index contributed by atoms with van der Waals surface area (Å²) >= 11 is 3.09. The number of halogens is 2. The molecule has 0 aliphatic carbocycles. The van der Waals surface area contributed by atoms with E-state index < -0.39 is 27.8 Å². The van der Waals surface area contributed by atoms with Crippen LogP contribution in [0, 0.1) is 18.2 Å². The van der Waals surface area contributed by atoms with Crippen LogP contribution < -0.4 is 0 Å². The molecule has 0 saturated carbocycles. The third-order valence-corrected chi connectivity index (χ3v) is 7.03. The zero-order chi connectivity index (χ0) is 22.5. The SMILES string of the molecule is Cc1ccc(S(=O)(=O)OCCC(C)(C)CCC(C(=O)O)c2cccc(Br)c2F)cc1. The number of aliphatic carboxylic acids is 1. The van der Waals surface area contributed by atoms with Crippen molar-refractivity contribution in [2.75, 3.05) is 6.61 Å². The number of carbonyl (C=O) groups is 1. The Kier molecular flexibility index (Phi) is 8.19. The molecule has 2 aromatic rings. The molecule has 2 rings (SSSR count). The third kappa shape index (κ3) is 6.62. The molecule has 8 heteroatoms. The minimum absolute atomic E-state index is 0.0216. The van der Waals surface area contributed by atoms with Crippen LogP contribution in [0.25, 0.3) is 0 Å². The van der Waals surface area contributed by atoms with E-state index in [2.05, 4.69) is 15.9 Å². The summed E-state index contributed by atoms with van der Waals surface area (Å²) in [6, 6.07) is 11.0. The standard InChI is InChI=1S/C22H26BrFO5S/c1-15-7-9-16(10-8-15)30(27,28)29-14-13-22(2,3)12-11-18(21(25)26)17-5-4-6-19(23)20(17)24/h4-10,18H,11-14H2,1-3H3,(H,25,26). The van der Waals surface area contributed by atoms with Gasteiger partial charge in [-0.2, -0.15) is 8.42 Å². The van der Waals surface area contributed by atoms with Crippen molar-refractivity contribution in [1.29, 1.82) is 0 Å². The van der Waals surface area contributed by atoms with Gasteiger partial charge < -0.3 is 5.11 Å². The van der Waals surface area contributed by atoms with Crippen LogP contribution in [-0.2, 0) is 19.1 Å². The Morgan fingerprint density at radius 1 is 1.17 bits per heavy atom. The fourth-order valence-electron chi connectivity index (χ4n) is 3.06. The van der Waals surface area contributed by atoms with E-state index in [0.717, 1.165) is 5.56 Å². The highest BCUT2D eigenvalue weighted by molar-refractivity contribution is 9.10. The highest BCUT2D eigenvalue weighted by atomic mass is 79.9. The van der Waals surface area contributed by atoms with E-state index in [1.54, 1.807) is 18.2 Å². The van der Waals surface area contributed by atoms with Gasteiger partial charge in [0.25, 0.3) is 10.1 Å². The van der Waals surface area contributed by atoms with Crippen molar-refractivity contribution in [3.05, 3.63) is 63.9 Å². The molecule has 0 saturated heterocycles. The largest absolute Gasteiger partial charge is 0.481 e. The molecule has 0 aromatic heterocycles. The number of hydrogen-bond acceptors (Lipinski definition) is 4. The van der Waals surface area contributed by atoms with Gasteiger partial charge in [-0.25, -0.2) is 4.39 Å². The van der Waals surface area contributed by atoms with E-state index in [4.69, 9.17) is 4.18 Å².